The third kappa shape index (κ3) is 3.78. The highest BCUT2D eigenvalue weighted by atomic mass is 79.9. The van der Waals surface area contributed by atoms with E-state index in [-0.39, 0.29) is 34.6 Å². The molecule has 1 aromatic heterocycles. The molecule has 1 unspecified atom stereocenters. The molecule has 0 saturated carbocycles. The first-order chi connectivity index (χ1) is 7.90. The summed E-state index contributed by atoms with van der Waals surface area (Å²) in [5.74, 6) is 0.177. The van der Waals surface area contributed by atoms with Crippen molar-refractivity contribution in [3.05, 3.63) is 16.5 Å². The van der Waals surface area contributed by atoms with E-state index in [1.807, 2.05) is 0 Å². The van der Waals surface area contributed by atoms with E-state index in [4.69, 9.17) is 14.3 Å². The number of nitrogens with one attached hydrogen (secondary N) is 1. The largest absolute Gasteiger partial charge is 0.450 e. The topological polar surface area (TPSA) is 88.8 Å². The van der Waals surface area contributed by atoms with Crippen molar-refractivity contribution in [2.45, 2.75) is 24.5 Å². The van der Waals surface area contributed by atoms with E-state index in [0.29, 0.717) is 0 Å². The smallest absolute Gasteiger partial charge is 0.245 e. The van der Waals surface area contributed by atoms with Gasteiger partial charge in [-0.25, -0.2) is 13.1 Å². The van der Waals surface area contributed by atoms with E-state index >= 15 is 0 Å². The summed E-state index contributed by atoms with van der Waals surface area (Å²) in [6, 6.07) is 0.913. The van der Waals surface area contributed by atoms with Gasteiger partial charge < -0.3 is 14.3 Å². The average Bonchev–Trinajstić information content (AvgIpc) is 2.60. The van der Waals surface area contributed by atoms with Crippen LogP contribution in [0.3, 0.4) is 0 Å². The van der Waals surface area contributed by atoms with E-state index in [1.54, 1.807) is 6.92 Å². The van der Waals surface area contributed by atoms with Crippen LogP contribution in [-0.2, 0) is 21.4 Å². The van der Waals surface area contributed by atoms with Crippen LogP contribution in [0.15, 0.2) is 20.0 Å². The number of sulfonamides is 1. The molecular formula is C9H14BrNO5S. The van der Waals surface area contributed by atoms with E-state index < -0.39 is 10.0 Å². The number of methoxy groups -OCH3 is 1. The lowest BCUT2D eigenvalue weighted by molar-refractivity contribution is 0.180. The summed E-state index contributed by atoms with van der Waals surface area (Å²) in [5, 5.41) is 8.86. The number of halogens is 1. The molecule has 0 radical (unpaired) electrons. The van der Waals surface area contributed by atoms with Crippen LogP contribution in [0.1, 0.15) is 12.7 Å². The maximum Gasteiger partial charge on any atom is 0.245 e. The molecule has 0 aliphatic heterocycles. The molecule has 1 aromatic rings. The molecule has 0 aliphatic rings. The Kier molecular flexibility index (Phi) is 5.14. The van der Waals surface area contributed by atoms with Gasteiger partial charge in [-0.15, -0.1) is 0 Å². The highest BCUT2D eigenvalue weighted by molar-refractivity contribution is 9.10. The lowest BCUT2D eigenvalue weighted by Crippen LogP contribution is -2.35. The Labute approximate surface area is 108 Å². The normalized spacial score (nSPS) is 13.9. The highest BCUT2D eigenvalue weighted by Crippen LogP contribution is 2.26. The summed E-state index contributed by atoms with van der Waals surface area (Å²) >= 11 is 2.99. The number of aliphatic hydroxyl groups is 1. The summed E-state index contributed by atoms with van der Waals surface area (Å²) in [7, 11) is -2.19. The van der Waals surface area contributed by atoms with E-state index in [0.717, 1.165) is 0 Å². The second-order valence-corrected chi connectivity index (χ2v) is 5.89. The monoisotopic (exact) mass is 327 g/mol. The SMILES string of the molecule is COCC(C)NS(=O)(=O)c1cc(CO)oc1Br. The van der Waals surface area contributed by atoms with Crippen LogP contribution in [0.4, 0.5) is 0 Å². The van der Waals surface area contributed by atoms with Gasteiger partial charge in [0.2, 0.25) is 10.0 Å². The molecule has 0 amide bonds. The molecule has 1 heterocycles. The minimum atomic E-state index is -3.68. The molecule has 1 atom stereocenters. The van der Waals surface area contributed by atoms with Gasteiger partial charge >= 0.3 is 0 Å². The lowest BCUT2D eigenvalue weighted by atomic mass is 10.4. The van der Waals surface area contributed by atoms with Crippen LogP contribution in [0.25, 0.3) is 0 Å². The molecule has 0 aromatic carbocycles. The molecular weight excluding hydrogens is 314 g/mol. The van der Waals surface area contributed by atoms with Gasteiger partial charge in [0.1, 0.15) is 17.3 Å². The van der Waals surface area contributed by atoms with Crippen LogP contribution in [-0.4, -0.2) is 33.3 Å². The molecule has 1 rings (SSSR count). The Morgan fingerprint density at radius 2 is 2.29 bits per heavy atom. The van der Waals surface area contributed by atoms with Crippen molar-refractivity contribution < 1.29 is 22.7 Å². The zero-order valence-corrected chi connectivity index (χ0v) is 11.8. The number of aliphatic hydroxyl groups excluding tert-OH is 1. The van der Waals surface area contributed by atoms with Gasteiger partial charge in [-0.2, -0.15) is 0 Å². The summed E-state index contributed by atoms with van der Waals surface area (Å²) in [6.07, 6.45) is 0. The minimum absolute atomic E-state index is 0.0375. The number of ether oxygens (including phenoxy) is 1. The Morgan fingerprint density at radius 1 is 1.65 bits per heavy atom. The second-order valence-electron chi connectivity index (χ2n) is 3.49. The first-order valence-corrected chi connectivity index (χ1v) is 7.08. The summed E-state index contributed by atoms with van der Waals surface area (Å²) in [5.41, 5.74) is 0. The van der Waals surface area contributed by atoms with Crippen molar-refractivity contribution in [1.82, 2.24) is 4.72 Å². The van der Waals surface area contributed by atoms with Gasteiger partial charge in [0, 0.05) is 19.2 Å². The molecule has 8 heteroatoms. The van der Waals surface area contributed by atoms with Crippen molar-refractivity contribution in [3.8, 4) is 0 Å². The Morgan fingerprint density at radius 3 is 2.76 bits per heavy atom. The van der Waals surface area contributed by atoms with Crippen molar-refractivity contribution in [3.63, 3.8) is 0 Å². The lowest BCUT2D eigenvalue weighted by Gasteiger charge is -2.12. The summed E-state index contributed by atoms with van der Waals surface area (Å²) < 4.78 is 36.2. The summed E-state index contributed by atoms with van der Waals surface area (Å²) in [6.45, 7) is 1.59. The Bertz CT molecular complexity index is 470. The van der Waals surface area contributed by atoms with E-state index in [9.17, 15) is 8.42 Å². The third-order valence-electron chi connectivity index (χ3n) is 1.92. The predicted octanol–water partition coefficient (Wildman–Crippen LogP) is 0.848. The van der Waals surface area contributed by atoms with Crippen LogP contribution >= 0.6 is 15.9 Å². The molecule has 0 spiro atoms. The van der Waals surface area contributed by atoms with Gasteiger partial charge in [-0.05, 0) is 22.9 Å². The van der Waals surface area contributed by atoms with Crippen LogP contribution in [0.2, 0.25) is 0 Å². The number of hydrogen-bond donors (Lipinski definition) is 2. The quantitative estimate of drug-likeness (QED) is 0.808. The first kappa shape index (κ1) is 14.7. The molecule has 2 N–H and O–H groups in total. The van der Waals surface area contributed by atoms with Crippen LogP contribution in [0.5, 0.6) is 0 Å². The van der Waals surface area contributed by atoms with E-state index in [1.165, 1.54) is 13.2 Å². The highest BCUT2D eigenvalue weighted by Gasteiger charge is 2.24. The molecule has 0 fully saturated rings. The van der Waals surface area contributed by atoms with Crippen molar-refractivity contribution in [1.29, 1.82) is 0 Å². The number of rotatable bonds is 6. The Hall–Kier alpha value is -0.410. The van der Waals surface area contributed by atoms with Gasteiger partial charge in [0.05, 0.1) is 6.61 Å². The van der Waals surface area contributed by atoms with E-state index in [2.05, 4.69) is 20.7 Å². The molecule has 0 aliphatic carbocycles. The fraction of sp³-hybridized carbons (Fsp3) is 0.556. The Balaban J connectivity index is 2.92. The fourth-order valence-electron chi connectivity index (χ4n) is 1.27. The zero-order chi connectivity index (χ0) is 13.1. The molecule has 6 nitrogen and oxygen atoms in total. The van der Waals surface area contributed by atoms with Gasteiger partial charge in [-0.3, -0.25) is 0 Å². The standard InChI is InChI=1S/C9H14BrNO5S/c1-6(5-15-2)11-17(13,14)8-3-7(4-12)16-9(8)10/h3,6,11-12H,4-5H2,1-2H3. The fourth-order valence-corrected chi connectivity index (χ4v) is 3.50. The van der Waals surface area contributed by atoms with Gasteiger partial charge in [0.25, 0.3) is 0 Å². The maximum atomic E-state index is 11.9. The average molecular weight is 328 g/mol. The summed E-state index contributed by atoms with van der Waals surface area (Å²) in [4.78, 5) is -0.0375. The maximum absolute atomic E-state index is 11.9. The second kappa shape index (κ2) is 5.96. The first-order valence-electron chi connectivity index (χ1n) is 4.81. The third-order valence-corrected chi connectivity index (χ3v) is 4.37. The molecule has 0 saturated heterocycles. The minimum Gasteiger partial charge on any atom is -0.450 e. The van der Waals surface area contributed by atoms with Gasteiger partial charge in [-0.1, -0.05) is 0 Å². The molecule has 98 valence electrons. The number of furan rings is 1. The van der Waals surface area contributed by atoms with Crippen molar-refractivity contribution >= 4 is 26.0 Å². The number of hydrogen-bond acceptors (Lipinski definition) is 5. The zero-order valence-electron chi connectivity index (χ0n) is 9.44. The van der Waals surface area contributed by atoms with Crippen molar-refractivity contribution in [2.75, 3.05) is 13.7 Å². The van der Waals surface area contributed by atoms with Crippen LogP contribution in [0, 0.1) is 0 Å². The predicted molar refractivity (Wildman–Crippen MR) is 64.0 cm³/mol. The molecule has 17 heavy (non-hydrogen) atoms. The van der Waals surface area contributed by atoms with Crippen LogP contribution < -0.4 is 4.72 Å². The van der Waals surface area contributed by atoms with Gasteiger partial charge in [0.15, 0.2) is 4.67 Å². The van der Waals surface area contributed by atoms with Crippen molar-refractivity contribution in [2.24, 2.45) is 0 Å². The molecule has 0 bridgehead atoms.